The molecule has 1 N–H and O–H groups in total. The summed E-state index contributed by atoms with van der Waals surface area (Å²) in [5.74, 6) is 0. The SMILES string of the molecule is O=S(O)N1CC2(CN(C3CC4(COC4)C3)C2)C1. The fraction of sp³-hybridized carbons (Fsp3) is 1.00. The molecule has 0 radical (unpaired) electrons. The van der Waals surface area contributed by atoms with Crippen LogP contribution in [0.3, 0.4) is 0 Å². The molecule has 2 spiro atoms. The highest BCUT2D eigenvalue weighted by Crippen LogP contribution is 2.52. The largest absolute Gasteiger partial charge is 0.380 e. The summed E-state index contributed by atoms with van der Waals surface area (Å²) in [6, 6.07) is 0.762. The Bertz CT molecular complexity index is 363. The van der Waals surface area contributed by atoms with Crippen molar-refractivity contribution >= 4 is 11.3 Å². The predicted octanol–water partition coefficient (Wildman–Crippen LogP) is -0.0803. The highest BCUT2D eigenvalue weighted by atomic mass is 32.2. The summed E-state index contributed by atoms with van der Waals surface area (Å²) < 4.78 is 26.7. The van der Waals surface area contributed by atoms with Crippen LogP contribution < -0.4 is 0 Å². The molecule has 6 heteroatoms. The summed E-state index contributed by atoms with van der Waals surface area (Å²) in [7, 11) is 0. The first-order valence-corrected chi connectivity index (χ1v) is 7.34. The van der Waals surface area contributed by atoms with Crippen LogP contribution in [-0.2, 0) is 16.0 Å². The molecule has 0 aromatic heterocycles. The first kappa shape index (κ1) is 10.9. The topological polar surface area (TPSA) is 53.0 Å². The lowest BCUT2D eigenvalue weighted by atomic mass is 9.61. The molecule has 1 saturated carbocycles. The van der Waals surface area contributed by atoms with Crippen LogP contribution in [0.5, 0.6) is 0 Å². The average molecular weight is 258 g/mol. The summed E-state index contributed by atoms with van der Waals surface area (Å²) in [5, 5.41) is 0. The first-order valence-electron chi connectivity index (χ1n) is 6.28. The molecule has 0 bridgehead atoms. The highest BCUT2D eigenvalue weighted by Gasteiger charge is 2.59. The summed E-state index contributed by atoms with van der Waals surface area (Å²) in [6.07, 6.45) is 2.61. The minimum absolute atomic E-state index is 0.345. The number of nitrogens with zero attached hydrogens (tertiary/aromatic N) is 2. The molecule has 0 aromatic rings. The summed E-state index contributed by atoms with van der Waals surface area (Å²) in [6.45, 7) is 5.80. The van der Waals surface area contributed by atoms with Crippen LogP contribution in [-0.4, -0.2) is 63.4 Å². The molecule has 1 unspecified atom stereocenters. The van der Waals surface area contributed by atoms with E-state index in [1.165, 1.54) is 12.8 Å². The van der Waals surface area contributed by atoms with Gasteiger partial charge >= 0.3 is 0 Å². The lowest BCUT2D eigenvalue weighted by Crippen LogP contribution is -2.75. The van der Waals surface area contributed by atoms with Crippen molar-refractivity contribution in [3.05, 3.63) is 0 Å². The zero-order valence-electron chi connectivity index (χ0n) is 9.80. The van der Waals surface area contributed by atoms with Crippen LogP contribution in [0.25, 0.3) is 0 Å². The highest BCUT2D eigenvalue weighted by molar-refractivity contribution is 7.76. The molecule has 4 aliphatic rings. The van der Waals surface area contributed by atoms with Gasteiger partial charge in [-0.1, -0.05) is 0 Å². The number of ether oxygens (including phenoxy) is 1. The quantitative estimate of drug-likeness (QED) is 0.704. The summed E-state index contributed by atoms with van der Waals surface area (Å²) in [4.78, 5) is 2.56. The van der Waals surface area contributed by atoms with Gasteiger partial charge in [0.05, 0.1) is 13.2 Å². The van der Waals surface area contributed by atoms with Crippen molar-refractivity contribution in [3.63, 3.8) is 0 Å². The van der Waals surface area contributed by atoms with E-state index in [2.05, 4.69) is 4.90 Å². The van der Waals surface area contributed by atoms with Crippen LogP contribution in [0.1, 0.15) is 12.8 Å². The first-order chi connectivity index (χ1) is 8.10. The second-order valence-corrected chi connectivity index (χ2v) is 7.47. The van der Waals surface area contributed by atoms with Gasteiger partial charge in [0.15, 0.2) is 0 Å². The maximum Gasteiger partial charge on any atom is 0.234 e. The standard InChI is InChI=1S/C11H18N2O3S/c14-17(15)13-5-11(6-13)3-12(4-11)9-1-10(2-9)7-16-8-10/h9H,1-8H2,(H,14,15). The van der Waals surface area contributed by atoms with Crippen molar-refractivity contribution in [2.45, 2.75) is 18.9 Å². The van der Waals surface area contributed by atoms with Crippen molar-refractivity contribution in [2.75, 3.05) is 39.4 Å². The molecule has 1 atom stereocenters. The second kappa shape index (κ2) is 3.30. The van der Waals surface area contributed by atoms with E-state index >= 15 is 0 Å². The van der Waals surface area contributed by atoms with Crippen LogP contribution >= 0.6 is 0 Å². The number of hydrogen-bond acceptors (Lipinski definition) is 3. The van der Waals surface area contributed by atoms with Crippen molar-refractivity contribution < 1.29 is 13.5 Å². The van der Waals surface area contributed by atoms with Gasteiger partial charge in [-0.15, -0.1) is 0 Å². The van der Waals surface area contributed by atoms with Gasteiger partial charge in [-0.3, -0.25) is 9.45 Å². The summed E-state index contributed by atoms with van der Waals surface area (Å²) >= 11 is -1.75. The van der Waals surface area contributed by atoms with Gasteiger partial charge in [0, 0.05) is 43.1 Å². The molecule has 96 valence electrons. The Kier molecular flexibility index (Phi) is 2.11. The molecule has 3 aliphatic heterocycles. The second-order valence-electron chi connectivity index (χ2n) is 6.49. The molecular formula is C11H18N2O3S. The average Bonchev–Trinajstić information content (AvgIpc) is 1.97. The normalized spacial score (nSPS) is 37.0. The number of hydrogen-bond donors (Lipinski definition) is 1. The van der Waals surface area contributed by atoms with E-state index in [9.17, 15) is 4.21 Å². The van der Waals surface area contributed by atoms with Gasteiger partial charge in [0.25, 0.3) is 0 Å². The van der Waals surface area contributed by atoms with Crippen LogP contribution in [0, 0.1) is 10.8 Å². The van der Waals surface area contributed by atoms with Gasteiger partial charge in [-0.05, 0) is 12.8 Å². The van der Waals surface area contributed by atoms with E-state index in [1.54, 1.807) is 4.31 Å². The monoisotopic (exact) mass is 258 g/mol. The molecule has 4 fully saturated rings. The van der Waals surface area contributed by atoms with E-state index in [0.717, 1.165) is 45.4 Å². The molecule has 1 aliphatic carbocycles. The third-order valence-corrected chi connectivity index (χ3v) is 5.69. The van der Waals surface area contributed by atoms with Crippen molar-refractivity contribution in [1.29, 1.82) is 0 Å². The minimum Gasteiger partial charge on any atom is -0.380 e. The van der Waals surface area contributed by atoms with E-state index in [1.807, 2.05) is 0 Å². The fourth-order valence-corrected chi connectivity index (χ4v) is 4.68. The smallest absolute Gasteiger partial charge is 0.234 e. The molecular weight excluding hydrogens is 240 g/mol. The summed E-state index contributed by atoms with van der Waals surface area (Å²) in [5.41, 5.74) is 0.892. The van der Waals surface area contributed by atoms with Gasteiger partial charge in [0.1, 0.15) is 0 Å². The number of likely N-dealkylation sites (tertiary alicyclic amines) is 1. The van der Waals surface area contributed by atoms with E-state index < -0.39 is 11.3 Å². The van der Waals surface area contributed by atoms with Crippen molar-refractivity contribution in [3.8, 4) is 0 Å². The van der Waals surface area contributed by atoms with Crippen LogP contribution in [0.15, 0.2) is 0 Å². The zero-order valence-corrected chi connectivity index (χ0v) is 10.6. The molecule has 0 amide bonds. The van der Waals surface area contributed by atoms with Gasteiger partial charge in [-0.25, -0.2) is 4.21 Å². The van der Waals surface area contributed by atoms with Crippen LogP contribution in [0.2, 0.25) is 0 Å². The molecule has 4 rings (SSSR count). The van der Waals surface area contributed by atoms with Gasteiger partial charge in [-0.2, -0.15) is 4.31 Å². The maximum absolute atomic E-state index is 10.8. The Morgan fingerprint density at radius 1 is 1.12 bits per heavy atom. The zero-order chi connectivity index (χ0) is 11.7. The van der Waals surface area contributed by atoms with Crippen molar-refractivity contribution in [1.82, 2.24) is 9.21 Å². The Balaban J connectivity index is 1.26. The molecule has 5 nitrogen and oxygen atoms in total. The minimum atomic E-state index is -1.75. The Morgan fingerprint density at radius 2 is 1.76 bits per heavy atom. The third-order valence-electron chi connectivity index (χ3n) is 4.99. The molecule has 17 heavy (non-hydrogen) atoms. The Labute approximate surface area is 104 Å². The van der Waals surface area contributed by atoms with E-state index in [0.29, 0.717) is 10.8 Å². The van der Waals surface area contributed by atoms with Crippen LogP contribution in [0.4, 0.5) is 0 Å². The predicted molar refractivity (Wildman–Crippen MR) is 62.6 cm³/mol. The number of rotatable bonds is 2. The lowest BCUT2D eigenvalue weighted by Gasteiger charge is -2.65. The maximum atomic E-state index is 10.8. The molecule has 3 heterocycles. The van der Waals surface area contributed by atoms with Crippen molar-refractivity contribution in [2.24, 2.45) is 10.8 Å². The van der Waals surface area contributed by atoms with Gasteiger partial charge in [0.2, 0.25) is 11.3 Å². The van der Waals surface area contributed by atoms with E-state index in [4.69, 9.17) is 9.29 Å². The van der Waals surface area contributed by atoms with Gasteiger partial charge < -0.3 is 4.74 Å². The molecule has 0 aromatic carbocycles. The molecule has 3 saturated heterocycles. The lowest BCUT2D eigenvalue weighted by molar-refractivity contribution is -0.211. The third kappa shape index (κ3) is 1.48. The fourth-order valence-electron chi connectivity index (χ4n) is 3.91. The van der Waals surface area contributed by atoms with E-state index in [-0.39, 0.29) is 0 Å². The Morgan fingerprint density at radius 3 is 2.24 bits per heavy atom. The Hall–Kier alpha value is -0.0100.